The molecule has 18 heavy (non-hydrogen) atoms. The normalized spacial score (nSPS) is 10.7. The molecule has 0 amide bonds. The molecule has 0 radical (unpaired) electrons. The van der Waals surface area contributed by atoms with Crippen molar-refractivity contribution in [2.75, 3.05) is 0 Å². The second-order valence-electron chi connectivity index (χ2n) is 3.51. The van der Waals surface area contributed by atoms with E-state index >= 15 is 0 Å². The first-order valence-corrected chi connectivity index (χ1v) is 5.21. The van der Waals surface area contributed by atoms with Gasteiger partial charge in [-0.25, -0.2) is 4.98 Å². The Balaban J connectivity index is 1.92. The fourth-order valence-corrected chi connectivity index (χ4v) is 1.41. The maximum atomic E-state index is 5.50. The molecule has 8 nitrogen and oxygen atoms in total. The molecule has 0 atom stereocenters. The SMILES string of the molecule is NCc1ccc(-c2nc(-c3ncn[nH]3)no2)nc1. The Labute approximate surface area is 101 Å². The molecule has 3 rings (SSSR count). The Hall–Kier alpha value is -2.61. The molecule has 0 saturated heterocycles. The van der Waals surface area contributed by atoms with Gasteiger partial charge in [-0.05, 0) is 11.6 Å². The second-order valence-corrected chi connectivity index (χ2v) is 3.51. The summed E-state index contributed by atoms with van der Waals surface area (Å²) in [5, 5.41) is 10.2. The second kappa shape index (κ2) is 4.34. The molecule has 0 aliphatic carbocycles. The molecule has 0 aliphatic heterocycles. The van der Waals surface area contributed by atoms with Crippen molar-refractivity contribution in [3.8, 4) is 23.2 Å². The molecule has 0 saturated carbocycles. The molecule has 3 heterocycles. The minimum atomic E-state index is 0.324. The Bertz CT molecular complexity index is 629. The first kappa shape index (κ1) is 10.5. The van der Waals surface area contributed by atoms with Gasteiger partial charge in [-0.1, -0.05) is 11.2 Å². The minimum absolute atomic E-state index is 0.324. The molecule has 3 N–H and O–H groups in total. The number of nitrogens with two attached hydrogens (primary N) is 1. The maximum Gasteiger partial charge on any atom is 0.276 e. The summed E-state index contributed by atoms with van der Waals surface area (Å²) in [6, 6.07) is 3.64. The largest absolute Gasteiger partial charge is 0.332 e. The van der Waals surface area contributed by atoms with Gasteiger partial charge in [0.15, 0.2) is 5.82 Å². The van der Waals surface area contributed by atoms with Gasteiger partial charge in [0.25, 0.3) is 5.89 Å². The molecule has 3 aromatic heterocycles. The quantitative estimate of drug-likeness (QED) is 0.682. The van der Waals surface area contributed by atoms with Crippen LogP contribution in [0.1, 0.15) is 5.56 Å². The van der Waals surface area contributed by atoms with Crippen LogP contribution in [-0.4, -0.2) is 30.3 Å². The topological polar surface area (TPSA) is 119 Å². The van der Waals surface area contributed by atoms with Crippen LogP contribution in [0.4, 0.5) is 0 Å². The number of aromatic amines is 1. The monoisotopic (exact) mass is 243 g/mol. The van der Waals surface area contributed by atoms with E-state index in [0.717, 1.165) is 5.56 Å². The van der Waals surface area contributed by atoms with Crippen molar-refractivity contribution in [3.63, 3.8) is 0 Å². The van der Waals surface area contributed by atoms with Crippen LogP contribution in [0.25, 0.3) is 23.2 Å². The Morgan fingerprint density at radius 3 is 2.89 bits per heavy atom. The van der Waals surface area contributed by atoms with Crippen molar-refractivity contribution in [2.24, 2.45) is 5.73 Å². The third kappa shape index (κ3) is 1.84. The number of nitrogens with one attached hydrogen (secondary N) is 1. The van der Waals surface area contributed by atoms with Gasteiger partial charge in [0.2, 0.25) is 5.82 Å². The summed E-state index contributed by atoms with van der Waals surface area (Å²) in [5.41, 5.74) is 7.02. The fourth-order valence-electron chi connectivity index (χ4n) is 1.41. The van der Waals surface area contributed by atoms with E-state index in [9.17, 15) is 0 Å². The average Bonchev–Trinajstić information content (AvgIpc) is 3.09. The molecule has 8 heteroatoms. The number of nitrogens with zero attached hydrogens (tertiary/aromatic N) is 5. The van der Waals surface area contributed by atoms with E-state index in [1.807, 2.05) is 6.07 Å². The summed E-state index contributed by atoms with van der Waals surface area (Å²) in [4.78, 5) is 12.3. The molecule has 0 bridgehead atoms. The highest BCUT2D eigenvalue weighted by Crippen LogP contribution is 2.17. The molecular weight excluding hydrogens is 234 g/mol. The van der Waals surface area contributed by atoms with E-state index < -0.39 is 0 Å². The number of hydrogen-bond donors (Lipinski definition) is 2. The van der Waals surface area contributed by atoms with E-state index in [1.54, 1.807) is 12.3 Å². The lowest BCUT2D eigenvalue weighted by Crippen LogP contribution is -1.96. The molecule has 0 aromatic carbocycles. The molecule has 0 fully saturated rings. The number of aromatic nitrogens is 6. The van der Waals surface area contributed by atoms with Crippen LogP contribution in [-0.2, 0) is 6.54 Å². The van der Waals surface area contributed by atoms with Crippen molar-refractivity contribution < 1.29 is 4.52 Å². The highest BCUT2D eigenvalue weighted by Gasteiger charge is 2.13. The molecular formula is C10H9N7O. The van der Waals surface area contributed by atoms with Crippen molar-refractivity contribution in [1.29, 1.82) is 0 Å². The summed E-state index contributed by atoms with van der Waals surface area (Å²) in [5.74, 6) is 1.11. The summed E-state index contributed by atoms with van der Waals surface area (Å²) in [6.45, 7) is 0.445. The van der Waals surface area contributed by atoms with Gasteiger partial charge in [0.1, 0.15) is 12.0 Å². The highest BCUT2D eigenvalue weighted by atomic mass is 16.5. The zero-order valence-corrected chi connectivity index (χ0v) is 9.24. The molecule has 3 aromatic rings. The molecule has 0 spiro atoms. The summed E-state index contributed by atoms with van der Waals surface area (Å²) < 4.78 is 5.11. The molecule has 0 unspecified atom stereocenters. The van der Waals surface area contributed by atoms with Crippen LogP contribution in [0.2, 0.25) is 0 Å². The highest BCUT2D eigenvalue weighted by molar-refractivity contribution is 5.51. The zero-order valence-electron chi connectivity index (χ0n) is 9.24. The smallest absolute Gasteiger partial charge is 0.276 e. The van der Waals surface area contributed by atoms with E-state index in [1.165, 1.54) is 6.33 Å². The van der Waals surface area contributed by atoms with Crippen molar-refractivity contribution in [3.05, 3.63) is 30.2 Å². The van der Waals surface area contributed by atoms with E-state index in [-0.39, 0.29) is 0 Å². The van der Waals surface area contributed by atoms with Gasteiger partial charge in [-0.3, -0.25) is 10.1 Å². The van der Waals surface area contributed by atoms with Crippen LogP contribution in [0.5, 0.6) is 0 Å². The Kier molecular flexibility index (Phi) is 2.54. The van der Waals surface area contributed by atoms with Gasteiger partial charge in [0, 0.05) is 12.7 Å². The number of H-pyrrole nitrogens is 1. The van der Waals surface area contributed by atoms with Crippen LogP contribution < -0.4 is 5.73 Å². The van der Waals surface area contributed by atoms with E-state index in [0.29, 0.717) is 29.8 Å². The van der Waals surface area contributed by atoms with Gasteiger partial charge < -0.3 is 10.3 Å². The minimum Gasteiger partial charge on any atom is -0.332 e. The summed E-state index contributed by atoms with van der Waals surface area (Å²) in [6.07, 6.45) is 3.05. The van der Waals surface area contributed by atoms with Crippen LogP contribution in [0.3, 0.4) is 0 Å². The number of pyridine rings is 1. The average molecular weight is 243 g/mol. The van der Waals surface area contributed by atoms with Crippen molar-refractivity contribution in [1.82, 2.24) is 30.3 Å². The number of rotatable bonds is 3. The lowest BCUT2D eigenvalue weighted by atomic mass is 10.2. The molecule has 90 valence electrons. The first-order valence-electron chi connectivity index (χ1n) is 5.21. The Morgan fingerprint density at radius 2 is 2.22 bits per heavy atom. The van der Waals surface area contributed by atoms with Crippen LogP contribution in [0, 0.1) is 0 Å². The maximum absolute atomic E-state index is 5.50. The third-order valence-electron chi connectivity index (χ3n) is 2.33. The lowest BCUT2D eigenvalue weighted by molar-refractivity contribution is 0.430. The predicted molar refractivity (Wildman–Crippen MR) is 60.8 cm³/mol. The fraction of sp³-hybridized carbons (Fsp3) is 0.100. The van der Waals surface area contributed by atoms with Crippen LogP contribution in [0.15, 0.2) is 29.2 Å². The van der Waals surface area contributed by atoms with Gasteiger partial charge in [0.05, 0.1) is 0 Å². The molecule has 0 aliphatic rings. The number of hydrogen-bond acceptors (Lipinski definition) is 7. The standard InChI is InChI=1S/C10H9N7O/c11-3-6-1-2-7(12-4-6)10-15-9(17-18-10)8-13-5-14-16-8/h1-2,4-5H,3,11H2,(H,13,14,16). The van der Waals surface area contributed by atoms with Gasteiger partial charge in [-0.2, -0.15) is 10.1 Å². The van der Waals surface area contributed by atoms with Gasteiger partial charge >= 0.3 is 0 Å². The van der Waals surface area contributed by atoms with Gasteiger partial charge in [-0.15, -0.1) is 0 Å². The summed E-state index contributed by atoms with van der Waals surface area (Å²) in [7, 11) is 0. The summed E-state index contributed by atoms with van der Waals surface area (Å²) >= 11 is 0. The Morgan fingerprint density at radius 1 is 1.28 bits per heavy atom. The first-order chi connectivity index (χ1) is 8.86. The lowest BCUT2D eigenvalue weighted by Gasteiger charge is -1.96. The zero-order chi connectivity index (χ0) is 12.4. The predicted octanol–water partition coefficient (Wildman–Crippen LogP) is 0.375. The van der Waals surface area contributed by atoms with E-state index in [2.05, 4.69) is 30.3 Å². The van der Waals surface area contributed by atoms with Crippen LogP contribution >= 0.6 is 0 Å². The third-order valence-corrected chi connectivity index (χ3v) is 2.33. The van der Waals surface area contributed by atoms with Crippen molar-refractivity contribution >= 4 is 0 Å². The van der Waals surface area contributed by atoms with E-state index in [4.69, 9.17) is 10.3 Å². The van der Waals surface area contributed by atoms with Crippen molar-refractivity contribution in [2.45, 2.75) is 6.54 Å².